The maximum Gasteiger partial charge on any atom is 0.0192 e. The van der Waals surface area contributed by atoms with Crippen molar-refractivity contribution in [3.8, 4) is 12.3 Å². The lowest BCUT2D eigenvalue weighted by atomic mass is 10.2. The second kappa shape index (κ2) is 5.18. The first-order chi connectivity index (χ1) is 5.84. The molecule has 1 saturated heterocycles. The van der Waals surface area contributed by atoms with Crippen molar-refractivity contribution in [1.29, 1.82) is 0 Å². The van der Waals surface area contributed by atoms with Crippen LogP contribution in [0.5, 0.6) is 0 Å². The fourth-order valence-electron chi connectivity index (χ4n) is 1.60. The van der Waals surface area contributed by atoms with Gasteiger partial charge in [-0.2, -0.15) is 0 Å². The molecule has 1 unspecified atom stereocenters. The van der Waals surface area contributed by atoms with Gasteiger partial charge in [0.25, 0.3) is 0 Å². The second-order valence-corrected chi connectivity index (χ2v) is 3.40. The van der Waals surface area contributed by atoms with Crippen molar-refractivity contribution in [2.24, 2.45) is 0 Å². The molecule has 1 fully saturated rings. The van der Waals surface area contributed by atoms with Crippen LogP contribution in [0, 0.1) is 12.3 Å². The Hall–Kier alpha value is -0.520. The summed E-state index contributed by atoms with van der Waals surface area (Å²) in [6.45, 7) is 6.84. The van der Waals surface area contributed by atoms with Crippen LogP contribution in [0.25, 0.3) is 0 Å². The van der Waals surface area contributed by atoms with E-state index in [0.717, 1.165) is 32.5 Å². The van der Waals surface area contributed by atoms with Crippen LogP contribution in [-0.2, 0) is 0 Å². The Labute approximate surface area is 75.3 Å². The zero-order valence-electron chi connectivity index (χ0n) is 7.84. The first kappa shape index (κ1) is 9.57. The molecule has 12 heavy (non-hydrogen) atoms. The summed E-state index contributed by atoms with van der Waals surface area (Å²) in [5.41, 5.74) is 0. The van der Waals surface area contributed by atoms with E-state index in [2.05, 4.69) is 23.1 Å². The lowest BCUT2D eigenvalue weighted by Crippen LogP contribution is -2.49. The van der Waals surface area contributed by atoms with Gasteiger partial charge in [-0.3, -0.25) is 4.90 Å². The molecule has 2 heteroatoms. The first-order valence-corrected chi connectivity index (χ1v) is 4.73. The van der Waals surface area contributed by atoms with Crippen molar-refractivity contribution in [3.63, 3.8) is 0 Å². The monoisotopic (exact) mass is 166 g/mol. The van der Waals surface area contributed by atoms with Crippen molar-refractivity contribution in [2.45, 2.75) is 25.8 Å². The molecule has 0 spiro atoms. The lowest BCUT2D eigenvalue weighted by molar-refractivity contribution is 0.172. The van der Waals surface area contributed by atoms with E-state index in [1.165, 1.54) is 6.54 Å². The van der Waals surface area contributed by atoms with Crippen LogP contribution in [0.3, 0.4) is 0 Å². The predicted molar refractivity (Wildman–Crippen MR) is 52.0 cm³/mol. The molecular weight excluding hydrogens is 148 g/mol. The number of nitrogens with one attached hydrogen (secondary N) is 1. The van der Waals surface area contributed by atoms with Gasteiger partial charge >= 0.3 is 0 Å². The molecule has 0 bridgehead atoms. The molecule has 0 radical (unpaired) electrons. The Morgan fingerprint density at radius 3 is 3.17 bits per heavy atom. The zero-order chi connectivity index (χ0) is 8.81. The molecule has 1 atom stereocenters. The first-order valence-electron chi connectivity index (χ1n) is 4.73. The minimum absolute atomic E-state index is 0.677. The maximum absolute atomic E-state index is 5.20. The number of terminal acetylenes is 1. The molecule has 0 amide bonds. The molecule has 68 valence electrons. The molecule has 1 N–H and O–H groups in total. The van der Waals surface area contributed by atoms with Crippen LogP contribution in [0.15, 0.2) is 0 Å². The van der Waals surface area contributed by atoms with Gasteiger partial charge in [0.1, 0.15) is 0 Å². The Morgan fingerprint density at radius 1 is 1.67 bits per heavy atom. The van der Waals surface area contributed by atoms with Crippen LogP contribution < -0.4 is 5.32 Å². The summed E-state index contributed by atoms with van der Waals surface area (Å²) >= 11 is 0. The van der Waals surface area contributed by atoms with Gasteiger partial charge in [-0.1, -0.05) is 0 Å². The SMILES string of the molecule is C#CCCCN1CCNCC1C. The largest absolute Gasteiger partial charge is 0.314 e. The summed E-state index contributed by atoms with van der Waals surface area (Å²) in [6.07, 6.45) is 7.25. The van der Waals surface area contributed by atoms with E-state index in [4.69, 9.17) is 6.42 Å². The Morgan fingerprint density at radius 2 is 2.50 bits per heavy atom. The molecule has 0 saturated carbocycles. The average Bonchev–Trinajstić information content (AvgIpc) is 2.09. The predicted octanol–water partition coefficient (Wildman–Crippen LogP) is 0.694. The third kappa shape index (κ3) is 2.84. The topological polar surface area (TPSA) is 15.3 Å². The molecular formula is C10H18N2. The van der Waals surface area contributed by atoms with Gasteiger partial charge in [-0.15, -0.1) is 12.3 Å². The summed E-state index contributed by atoms with van der Waals surface area (Å²) in [4.78, 5) is 2.51. The molecule has 0 aliphatic carbocycles. The van der Waals surface area contributed by atoms with E-state index in [0.29, 0.717) is 6.04 Å². The number of rotatable bonds is 3. The Kier molecular flexibility index (Phi) is 4.13. The highest BCUT2D eigenvalue weighted by molar-refractivity contribution is 4.84. The maximum atomic E-state index is 5.20. The zero-order valence-corrected chi connectivity index (χ0v) is 7.84. The van der Waals surface area contributed by atoms with E-state index in [1.807, 2.05) is 0 Å². The highest BCUT2D eigenvalue weighted by Crippen LogP contribution is 2.03. The third-order valence-corrected chi connectivity index (χ3v) is 2.41. The van der Waals surface area contributed by atoms with Crippen molar-refractivity contribution < 1.29 is 0 Å². The van der Waals surface area contributed by atoms with Gasteiger partial charge in [0.05, 0.1) is 0 Å². The van der Waals surface area contributed by atoms with E-state index < -0.39 is 0 Å². The van der Waals surface area contributed by atoms with Crippen molar-refractivity contribution >= 4 is 0 Å². The highest BCUT2D eigenvalue weighted by Gasteiger charge is 2.16. The van der Waals surface area contributed by atoms with Gasteiger partial charge in [0, 0.05) is 32.1 Å². The molecule has 0 aromatic heterocycles. The number of nitrogens with zero attached hydrogens (tertiary/aromatic N) is 1. The fraction of sp³-hybridized carbons (Fsp3) is 0.800. The van der Waals surface area contributed by atoms with Gasteiger partial charge in [-0.05, 0) is 19.9 Å². The van der Waals surface area contributed by atoms with Crippen molar-refractivity contribution in [1.82, 2.24) is 10.2 Å². The van der Waals surface area contributed by atoms with Gasteiger partial charge < -0.3 is 5.32 Å². The summed E-state index contributed by atoms with van der Waals surface area (Å²) in [6, 6.07) is 0.677. The van der Waals surface area contributed by atoms with Crippen LogP contribution >= 0.6 is 0 Å². The number of unbranched alkanes of at least 4 members (excludes halogenated alkanes) is 1. The molecule has 0 aromatic carbocycles. The number of piperazine rings is 1. The summed E-state index contributed by atoms with van der Waals surface area (Å²) < 4.78 is 0. The van der Waals surface area contributed by atoms with E-state index >= 15 is 0 Å². The van der Waals surface area contributed by atoms with Crippen molar-refractivity contribution in [3.05, 3.63) is 0 Å². The Bertz CT molecular complexity index is 160. The molecule has 1 rings (SSSR count). The minimum atomic E-state index is 0.677. The summed E-state index contributed by atoms with van der Waals surface area (Å²) in [7, 11) is 0. The third-order valence-electron chi connectivity index (χ3n) is 2.41. The lowest BCUT2D eigenvalue weighted by Gasteiger charge is -2.33. The molecule has 1 aliphatic rings. The normalized spacial score (nSPS) is 25.2. The van der Waals surface area contributed by atoms with E-state index in [1.54, 1.807) is 0 Å². The Balaban J connectivity index is 2.16. The van der Waals surface area contributed by atoms with E-state index in [-0.39, 0.29) is 0 Å². The smallest absolute Gasteiger partial charge is 0.0192 e. The quantitative estimate of drug-likeness (QED) is 0.490. The van der Waals surface area contributed by atoms with Crippen LogP contribution in [0.4, 0.5) is 0 Å². The van der Waals surface area contributed by atoms with Crippen LogP contribution in [0.2, 0.25) is 0 Å². The van der Waals surface area contributed by atoms with Crippen LogP contribution in [-0.4, -0.2) is 37.1 Å². The van der Waals surface area contributed by atoms with Crippen LogP contribution in [0.1, 0.15) is 19.8 Å². The highest BCUT2D eigenvalue weighted by atomic mass is 15.2. The second-order valence-electron chi connectivity index (χ2n) is 3.40. The van der Waals surface area contributed by atoms with E-state index in [9.17, 15) is 0 Å². The fourth-order valence-corrected chi connectivity index (χ4v) is 1.60. The molecule has 0 aromatic rings. The standard InChI is InChI=1S/C10H18N2/c1-3-4-5-7-12-8-6-11-9-10(12)2/h1,10-11H,4-9H2,2H3. The summed E-state index contributed by atoms with van der Waals surface area (Å²) in [5, 5.41) is 3.37. The molecule has 1 aliphatic heterocycles. The summed E-state index contributed by atoms with van der Waals surface area (Å²) in [5.74, 6) is 2.68. The molecule has 1 heterocycles. The van der Waals surface area contributed by atoms with Gasteiger partial charge in [-0.25, -0.2) is 0 Å². The average molecular weight is 166 g/mol. The van der Waals surface area contributed by atoms with Crippen molar-refractivity contribution in [2.75, 3.05) is 26.2 Å². The molecule has 2 nitrogen and oxygen atoms in total. The van der Waals surface area contributed by atoms with Gasteiger partial charge in [0.15, 0.2) is 0 Å². The minimum Gasteiger partial charge on any atom is -0.314 e. The number of hydrogen-bond acceptors (Lipinski definition) is 2. The van der Waals surface area contributed by atoms with Gasteiger partial charge in [0.2, 0.25) is 0 Å². The number of hydrogen-bond donors (Lipinski definition) is 1.